The zero-order valence-corrected chi connectivity index (χ0v) is 16.0. The van der Waals surface area contributed by atoms with Crippen molar-refractivity contribution < 1.29 is 9.47 Å². The van der Waals surface area contributed by atoms with E-state index in [-0.39, 0.29) is 19.5 Å². The zero-order chi connectivity index (χ0) is 19.6. The average Bonchev–Trinajstić information content (AvgIpc) is 3.35. The standard InChI is InChI=1S/2C11H14N2O.CH4/c2*12-11-13-10(8-14-11)7-6-9-4-2-1-3-5-9;/h2*1-5,10H,6-8H2,(H2,12,13);1H4/t2*10-;/m10./s1. The number of nitrogens with two attached hydrogens (primary N) is 2. The summed E-state index contributed by atoms with van der Waals surface area (Å²) in [6, 6.07) is 21.9. The van der Waals surface area contributed by atoms with Gasteiger partial charge in [-0.25, -0.2) is 9.98 Å². The van der Waals surface area contributed by atoms with Crippen LogP contribution in [0.2, 0.25) is 0 Å². The number of benzene rings is 2. The number of hydrogen-bond donors (Lipinski definition) is 2. The Kier molecular flexibility index (Phi) is 9.02. The van der Waals surface area contributed by atoms with E-state index in [1.807, 2.05) is 12.1 Å². The van der Waals surface area contributed by atoms with Crippen LogP contribution in [0, 0.1) is 0 Å². The van der Waals surface area contributed by atoms with Crippen molar-refractivity contribution in [2.45, 2.75) is 45.2 Å². The Balaban J connectivity index is 0.000000200. The van der Waals surface area contributed by atoms with Gasteiger partial charge in [-0.15, -0.1) is 0 Å². The van der Waals surface area contributed by atoms with E-state index in [0.717, 1.165) is 25.7 Å². The quantitative estimate of drug-likeness (QED) is 0.783. The summed E-state index contributed by atoms with van der Waals surface area (Å²) in [6.45, 7) is 1.28. The molecule has 2 atom stereocenters. The molecule has 0 bridgehead atoms. The number of aliphatic imine (C=N–C) groups is 2. The molecular weight excluding hydrogens is 364 g/mol. The molecular formula is C23H32N4O2. The second kappa shape index (κ2) is 11.7. The van der Waals surface area contributed by atoms with E-state index in [2.05, 4.69) is 58.5 Å². The van der Waals surface area contributed by atoms with Crippen LogP contribution in [-0.4, -0.2) is 37.3 Å². The number of aryl methyl sites for hydroxylation is 2. The smallest absolute Gasteiger partial charge is 0.282 e. The first-order chi connectivity index (χ1) is 13.7. The number of hydrogen-bond acceptors (Lipinski definition) is 6. The predicted molar refractivity (Wildman–Crippen MR) is 119 cm³/mol. The maximum atomic E-state index is 5.42. The van der Waals surface area contributed by atoms with Gasteiger partial charge in [0.05, 0.1) is 12.1 Å². The van der Waals surface area contributed by atoms with Gasteiger partial charge in [-0.2, -0.15) is 0 Å². The number of amidine groups is 2. The monoisotopic (exact) mass is 396 g/mol. The highest BCUT2D eigenvalue weighted by Gasteiger charge is 2.16. The molecule has 0 spiro atoms. The van der Waals surface area contributed by atoms with E-state index in [4.69, 9.17) is 20.9 Å². The topological polar surface area (TPSA) is 95.2 Å². The molecule has 6 nitrogen and oxygen atoms in total. The second-order valence-electron chi connectivity index (χ2n) is 6.91. The van der Waals surface area contributed by atoms with Crippen molar-refractivity contribution in [1.29, 1.82) is 0 Å². The van der Waals surface area contributed by atoms with E-state index in [1.54, 1.807) is 0 Å². The Hall–Kier alpha value is -3.02. The first-order valence-electron chi connectivity index (χ1n) is 9.69. The maximum absolute atomic E-state index is 5.42. The van der Waals surface area contributed by atoms with Crippen molar-refractivity contribution in [2.24, 2.45) is 21.5 Å². The Morgan fingerprint density at radius 3 is 1.38 bits per heavy atom. The fraction of sp³-hybridized carbons (Fsp3) is 0.391. The van der Waals surface area contributed by atoms with Crippen LogP contribution in [0.25, 0.3) is 0 Å². The van der Waals surface area contributed by atoms with Gasteiger partial charge in [0.25, 0.3) is 12.0 Å². The van der Waals surface area contributed by atoms with Gasteiger partial charge in [0.2, 0.25) is 0 Å². The average molecular weight is 397 g/mol. The normalized spacial score (nSPS) is 19.6. The SMILES string of the molecule is C.NC1=N[C@@H](CCc2ccccc2)CO1.NC1=N[C@H](CCc2ccccc2)CO1. The van der Waals surface area contributed by atoms with E-state index >= 15 is 0 Å². The molecule has 0 aliphatic carbocycles. The van der Waals surface area contributed by atoms with Crippen molar-refractivity contribution in [2.75, 3.05) is 13.2 Å². The molecule has 29 heavy (non-hydrogen) atoms. The highest BCUT2D eigenvalue weighted by molar-refractivity contribution is 5.73. The van der Waals surface area contributed by atoms with Crippen LogP contribution in [0.1, 0.15) is 31.4 Å². The van der Waals surface area contributed by atoms with Crippen molar-refractivity contribution in [3.8, 4) is 0 Å². The molecule has 2 aliphatic rings. The molecule has 2 aliphatic heterocycles. The second-order valence-corrected chi connectivity index (χ2v) is 6.91. The maximum Gasteiger partial charge on any atom is 0.282 e. The van der Waals surface area contributed by atoms with E-state index in [1.165, 1.54) is 11.1 Å². The fourth-order valence-corrected chi connectivity index (χ4v) is 3.12. The van der Waals surface area contributed by atoms with Gasteiger partial charge in [-0.1, -0.05) is 68.1 Å². The molecule has 4 N–H and O–H groups in total. The lowest BCUT2D eigenvalue weighted by Gasteiger charge is -2.04. The lowest BCUT2D eigenvalue weighted by Crippen LogP contribution is -2.10. The van der Waals surface area contributed by atoms with Crippen molar-refractivity contribution in [1.82, 2.24) is 0 Å². The minimum atomic E-state index is 0. The molecule has 6 heteroatoms. The number of nitrogens with zero attached hydrogens (tertiary/aromatic N) is 2. The van der Waals surface area contributed by atoms with Crippen LogP contribution in [0.5, 0.6) is 0 Å². The summed E-state index contributed by atoms with van der Waals surface area (Å²) >= 11 is 0. The van der Waals surface area contributed by atoms with Crippen LogP contribution in [0.15, 0.2) is 70.6 Å². The van der Waals surface area contributed by atoms with Crippen molar-refractivity contribution in [3.05, 3.63) is 71.8 Å². The minimum Gasteiger partial charge on any atom is -0.463 e. The molecule has 0 saturated heterocycles. The summed E-state index contributed by atoms with van der Waals surface area (Å²) in [4.78, 5) is 8.35. The van der Waals surface area contributed by atoms with Crippen LogP contribution < -0.4 is 11.5 Å². The molecule has 2 aromatic carbocycles. The molecule has 0 aromatic heterocycles. The van der Waals surface area contributed by atoms with Gasteiger partial charge in [-0.05, 0) is 36.8 Å². The molecule has 4 rings (SSSR count). The molecule has 2 heterocycles. The Bertz CT molecular complexity index is 710. The Morgan fingerprint density at radius 2 is 1.07 bits per heavy atom. The first-order valence-corrected chi connectivity index (χ1v) is 9.69. The van der Waals surface area contributed by atoms with Gasteiger partial charge >= 0.3 is 0 Å². The summed E-state index contributed by atoms with van der Waals surface area (Å²) in [5.74, 6) is 0. The fourth-order valence-electron chi connectivity index (χ4n) is 3.12. The van der Waals surface area contributed by atoms with Gasteiger partial charge in [0, 0.05) is 0 Å². The third-order valence-electron chi connectivity index (χ3n) is 4.68. The molecule has 0 fully saturated rings. The predicted octanol–water partition coefficient (Wildman–Crippen LogP) is 3.30. The van der Waals surface area contributed by atoms with Gasteiger partial charge in [0.1, 0.15) is 13.2 Å². The molecule has 0 radical (unpaired) electrons. The van der Waals surface area contributed by atoms with Crippen LogP contribution in [-0.2, 0) is 22.3 Å². The molecule has 0 unspecified atom stereocenters. The van der Waals surface area contributed by atoms with Gasteiger partial charge in [0.15, 0.2) is 0 Å². The van der Waals surface area contributed by atoms with Crippen molar-refractivity contribution >= 4 is 12.0 Å². The lowest BCUT2D eigenvalue weighted by atomic mass is 10.1. The molecule has 0 amide bonds. The van der Waals surface area contributed by atoms with Gasteiger partial charge < -0.3 is 20.9 Å². The summed E-state index contributed by atoms with van der Waals surface area (Å²) < 4.78 is 10.2. The van der Waals surface area contributed by atoms with Crippen LogP contribution in [0.4, 0.5) is 0 Å². The van der Waals surface area contributed by atoms with Crippen molar-refractivity contribution in [3.63, 3.8) is 0 Å². The first kappa shape index (κ1) is 22.3. The summed E-state index contributed by atoms with van der Waals surface area (Å²) in [7, 11) is 0. The number of ether oxygens (including phenoxy) is 2. The largest absolute Gasteiger partial charge is 0.463 e. The molecule has 156 valence electrons. The van der Waals surface area contributed by atoms with E-state index < -0.39 is 0 Å². The third kappa shape index (κ3) is 7.86. The minimum absolute atomic E-state index is 0. The molecule has 2 aromatic rings. The summed E-state index contributed by atoms with van der Waals surface area (Å²) in [5.41, 5.74) is 13.5. The third-order valence-corrected chi connectivity index (χ3v) is 4.68. The van der Waals surface area contributed by atoms with E-state index in [9.17, 15) is 0 Å². The zero-order valence-electron chi connectivity index (χ0n) is 16.0. The lowest BCUT2D eigenvalue weighted by molar-refractivity contribution is 0.308. The number of rotatable bonds is 6. The Morgan fingerprint density at radius 1 is 0.690 bits per heavy atom. The summed E-state index contributed by atoms with van der Waals surface area (Å²) in [5, 5.41) is 0. The Labute approximate surface area is 173 Å². The van der Waals surface area contributed by atoms with E-state index in [0.29, 0.717) is 25.3 Å². The van der Waals surface area contributed by atoms with Gasteiger partial charge in [-0.3, -0.25) is 0 Å². The van der Waals surface area contributed by atoms with Crippen LogP contribution >= 0.6 is 0 Å². The highest BCUT2D eigenvalue weighted by Crippen LogP contribution is 2.12. The highest BCUT2D eigenvalue weighted by atomic mass is 16.5. The summed E-state index contributed by atoms with van der Waals surface area (Å²) in [6.07, 6.45) is 4.08. The van der Waals surface area contributed by atoms with Crippen LogP contribution in [0.3, 0.4) is 0 Å². The molecule has 0 saturated carbocycles.